The van der Waals surface area contributed by atoms with Gasteiger partial charge in [0.05, 0.1) is 6.42 Å². The van der Waals surface area contributed by atoms with Crippen molar-refractivity contribution in [2.45, 2.75) is 40.0 Å². The molecule has 2 aromatic rings. The smallest absolute Gasteiger partial charge is 0.310 e. The van der Waals surface area contributed by atoms with Gasteiger partial charge < -0.3 is 10.1 Å². The highest BCUT2D eigenvalue weighted by Crippen LogP contribution is 2.12. The van der Waals surface area contributed by atoms with Crippen molar-refractivity contribution in [2.24, 2.45) is 0 Å². The van der Waals surface area contributed by atoms with Crippen LogP contribution in [0.5, 0.6) is 0 Å². The Balaban J connectivity index is 1.84. The number of nitrogens with one attached hydrogen (secondary N) is 1. The fourth-order valence-electron chi connectivity index (χ4n) is 2.55. The van der Waals surface area contributed by atoms with Crippen LogP contribution in [0.3, 0.4) is 0 Å². The van der Waals surface area contributed by atoms with Gasteiger partial charge in [-0.05, 0) is 61.2 Å². The number of amides is 1. The third-order valence-electron chi connectivity index (χ3n) is 4.25. The summed E-state index contributed by atoms with van der Waals surface area (Å²) >= 11 is 0. The van der Waals surface area contributed by atoms with Crippen LogP contribution in [0.15, 0.2) is 42.5 Å². The molecule has 0 saturated heterocycles. The average molecular weight is 367 g/mol. The van der Waals surface area contributed by atoms with Gasteiger partial charge in [0.1, 0.15) is 0 Å². The summed E-state index contributed by atoms with van der Waals surface area (Å²) in [4.78, 5) is 35.7. The Morgan fingerprint density at radius 3 is 2.30 bits per heavy atom. The number of hydrogen-bond acceptors (Lipinski definition) is 4. The van der Waals surface area contributed by atoms with Crippen molar-refractivity contribution in [2.75, 3.05) is 11.9 Å². The quantitative estimate of drug-likeness (QED) is 0.565. The number of carbonyl (C=O) groups excluding carboxylic acids is 3. The molecule has 0 aliphatic heterocycles. The van der Waals surface area contributed by atoms with E-state index in [1.807, 2.05) is 39.0 Å². The fourth-order valence-corrected chi connectivity index (χ4v) is 2.55. The lowest BCUT2D eigenvalue weighted by atomic mass is 10.0. The van der Waals surface area contributed by atoms with Crippen LogP contribution in [-0.2, 0) is 20.7 Å². The highest BCUT2D eigenvalue weighted by molar-refractivity contribution is 5.98. The number of aryl methyl sites for hydroxylation is 2. The minimum atomic E-state index is -0.435. The first-order valence-electron chi connectivity index (χ1n) is 9.04. The van der Waals surface area contributed by atoms with Gasteiger partial charge in [-0.1, -0.05) is 25.1 Å². The van der Waals surface area contributed by atoms with Crippen molar-refractivity contribution in [3.8, 4) is 0 Å². The molecule has 142 valence electrons. The number of ether oxygens (including phenoxy) is 1. The minimum Gasteiger partial charge on any atom is -0.457 e. The first-order chi connectivity index (χ1) is 12.9. The summed E-state index contributed by atoms with van der Waals surface area (Å²) in [7, 11) is 0. The summed E-state index contributed by atoms with van der Waals surface area (Å²) in [6.07, 6.45) is 1.36. The topological polar surface area (TPSA) is 72.5 Å². The van der Waals surface area contributed by atoms with Crippen molar-refractivity contribution < 1.29 is 19.1 Å². The molecule has 1 amide bonds. The van der Waals surface area contributed by atoms with Gasteiger partial charge in [-0.15, -0.1) is 0 Å². The molecule has 0 aliphatic rings. The molecule has 0 aliphatic carbocycles. The zero-order valence-corrected chi connectivity index (χ0v) is 16.0. The van der Waals surface area contributed by atoms with E-state index < -0.39 is 5.97 Å². The predicted octanol–water partition coefficient (Wildman–Crippen LogP) is 4.01. The number of Topliss-reactive ketones (excluding diaryl/α,β-unsaturated/α-hetero) is 1. The van der Waals surface area contributed by atoms with Crippen LogP contribution < -0.4 is 5.32 Å². The van der Waals surface area contributed by atoms with Crippen molar-refractivity contribution in [3.63, 3.8) is 0 Å². The summed E-state index contributed by atoms with van der Waals surface area (Å²) in [5.74, 6) is -0.776. The van der Waals surface area contributed by atoms with E-state index in [-0.39, 0.29) is 24.7 Å². The summed E-state index contributed by atoms with van der Waals surface area (Å²) in [5, 5.41) is 2.76. The van der Waals surface area contributed by atoms with Crippen LogP contribution >= 0.6 is 0 Å². The predicted molar refractivity (Wildman–Crippen MR) is 105 cm³/mol. The molecular formula is C22H25NO4. The van der Waals surface area contributed by atoms with E-state index in [0.717, 1.165) is 23.1 Å². The van der Waals surface area contributed by atoms with Crippen molar-refractivity contribution in [1.82, 2.24) is 0 Å². The van der Waals surface area contributed by atoms with Gasteiger partial charge in [-0.2, -0.15) is 0 Å². The fraction of sp³-hybridized carbons (Fsp3) is 0.318. The zero-order valence-electron chi connectivity index (χ0n) is 16.0. The third kappa shape index (κ3) is 6.37. The van der Waals surface area contributed by atoms with E-state index >= 15 is 0 Å². The second kappa shape index (κ2) is 9.67. The lowest BCUT2D eigenvalue weighted by Crippen LogP contribution is -2.16. The monoisotopic (exact) mass is 367 g/mol. The second-order valence-electron chi connectivity index (χ2n) is 6.55. The normalized spacial score (nSPS) is 10.3. The van der Waals surface area contributed by atoms with Crippen LogP contribution in [0.25, 0.3) is 0 Å². The third-order valence-corrected chi connectivity index (χ3v) is 4.25. The van der Waals surface area contributed by atoms with Gasteiger partial charge >= 0.3 is 5.97 Å². The maximum atomic E-state index is 12.2. The molecular weight excluding hydrogens is 342 g/mol. The van der Waals surface area contributed by atoms with Gasteiger partial charge in [0.2, 0.25) is 5.91 Å². The van der Waals surface area contributed by atoms with Crippen LogP contribution in [0, 0.1) is 13.8 Å². The number of anilines is 1. The molecule has 0 radical (unpaired) electrons. The maximum Gasteiger partial charge on any atom is 0.310 e. The average Bonchev–Trinajstić information content (AvgIpc) is 2.63. The van der Waals surface area contributed by atoms with Gasteiger partial charge in [0, 0.05) is 17.7 Å². The zero-order chi connectivity index (χ0) is 19.8. The van der Waals surface area contributed by atoms with Crippen LogP contribution in [0.2, 0.25) is 0 Å². The van der Waals surface area contributed by atoms with E-state index in [0.29, 0.717) is 17.7 Å². The first kappa shape index (κ1) is 20.4. The lowest BCUT2D eigenvalue weighted by molar-refractivity contribution is -0.141. The molecule has 0 spiro atoms. The maximum absolute atomic E-state index is 12.2. The number of benzene rings is 2. The highest BCUT2D eigenvalue weighted by atomic mass is 16.5. The molecule has 5 heteroatoms. The SMILES string of the molecule is CCCC(=O)Nc1ccc(C(=O)COC(=O)Cc2ccc(C)c(C)c2)cc1. The Kier molecular flexibility index (Phi) is 7.29. The summed E-state index contributed by atoms with van der Waals surface area (Å²) in [5.41, 5.74) is 4.21. The summed E-state index contributed by atoms with van der Waals surface area (Å²) in [6.45, 7) is 5.63. The number of hydrogen-bond donors (Lipinski definition) is 1. The Bertz CT molecular complexity index is 825. The van der Waals surface area contributed by atoms with Crippen molar-refractivity contribution in [3.05, 3.63) is 64.7 Å². The highest BCUT2D eigenvalue weighted by Gasteiger charge is 2.11. The molecule has 27 heavy (non-hydrogen) atoms. The molecule has 0 fully saturated rings. The molecule has 5 nitrogen and oxygen atoms in total. The Hall–Kier alpha value is -2.95. The standard InChI is InChI=1S/C22H25NO4/c1-4-5-21(25)23-19-10-8-18(9-11-19)20(24)14-27-22(26)13-17-7-6-15(2)16(3)12-17/h6-12H,4-5,13-14H2,1-3H3,(H,23,25). The Labute approximate surface area is 159 Å². The first-order valence-corrected chi connectivity index (χ1v) is 9.04. The van der Waals surface area contributed by atoms with Crippen LogP contribution in [-0.4, -0.2) is 24.3 Å². The van der Waals surface area contributed by atoms with E-state index in [4.69, 9.17) is 4.74 Å². The van der Waals surface area contributed by atoms with Crippen LogP contribution in [0.4, 0.5) is 5.69 Å². The minimum absolute atomic E-state index is 0.0585. The van der Waals surface area contributed by atoms with Crippen LogP contribution in [0.1, 0.15) is 46.8 Å². The second-order valence-corrected chi connectivity index (χ2v) is 6.55. The van der Waals surface area contributed by atoms with Gasteiger partial charge in [0.15, 0.2) is 12.4 Å². The van der Waals surface area contributed by atoms with E-state index in [2.05, 4.69) is 5.32 Å². The summed E-state index contributed by atoms with van der Waals surface area (Å²) in [6, 6.07) is 12.3. The molecule has 0 saturated carbocycles. The Morgan fingerprint density at radius 1 is 0.963 bits per heavy atom. The molecule has 0 aromatic heterocycles. The summed E-state index contributed by atoms with van der Waals surface area (Å²) < 4.78 is 5.10. The Morgan fingerprint density at radius 2 is 1.67 bits per heavy atom. The number of esters is 1. The van der Waals surface area contributed by atoms with Crippen molar-refractivity contribution in [1.29, 1.82) is 0 Å². The van der Waals surface area contributed by atoms with E-state index in [1.54, 1.807) is 24.3 Å². The number of ketones is 1. The van der Waals surface area contributed by atoms with Crippen molar-refractivity contribution >= 4 is 23.3 Å². The van der Waals surface area contributed by atoms with Gasteiger partial charge in [-0.25, -0.2) is 0 Å². The molecule has 0 heterocycles. The number of rotatable bonds is 8. The lowest BCUT2D eigenvalue weighted by Gasteiger charge is -2.08. The molecule has 2 aromatic carbocycles. The number of carbonyl (C=O) groups is 3. The van der Waals surface area contributed by atoms with Gasteiger partial charge in [0.25, 0.3) is 0 Å². The van der Waals surface area contributed by atoms with E-state index in [9.17, 15) is 14.4 Å². The molecule has 0 unspecified atom stereocenters. The molecule has 0 bridgehead atoms. The van der Waals surface area contributed by atoms with E-state index in [1.165, 1.54) is 0 Å². The molecule has 1 N–H and O–H groups in total. The largest absolute Gasteiger partial charge is 0.457 e. The molecule has 0 atom stereocenters. The molecule has 2 rings (SSSR count). The van der Waals surface area contributed by atoms with Gasteiger partial charge in [-0.3, -0.25) is 14.4 Å².